The zero-order valence-electron chi connectivity index (χ0n) is 12.4. The van der Waals surface area contributed by atoms with E-state index in [4.69, 9.17) is 9.63 Å². The third-order valence-electron chi connectivity index (χ3n) is 3.70. The zero-order chi connectivity index (χ0) is 15.6. The van der Waals surface area contributed by atoms with E-state index in [2.05, 4.69) is 25.8 Å². The van der Waals surface area contributed by atoms with Crippen LogP contribution in [0.15, 0.2) is 35.0 Å². The van der Waals surface area contributed by atoms with E-state index < -0.39 is 0 Å². The van der Waals surface area contributed by atoms with Crippen LogP contribution >= 0.6 is 0 Å². The lowest BCUT2D eigenvalue weighted by molar-refractivity contribution is 0.276. The molecule has 4 rings (SSSR count). The number of benzene rings is 1. The van der Waals surface area contributed by atoms with Crippen molar-refractivity contribution in [3.05, 3.63) is 47.9 Å². The standard InChI is InChI=1S/C15H16N6O2/c22-9-12-8-21(20-18-12)13-5-3-11(4-6-13)16-7-14-17-15(23-19-14)10-1-2-10/h3-6,8,10,16,22H,1-2,7,9H2. The predicted molar refractivity (Wildman–Crippen MR) is 80.9 cm³/mol. The summed E-state index contributed by atoms with van der Waals surface area (Å²) >= 11 is 0. The lowest BCUT2D eigenvalue weighted by Gasteiger charge is -2.05. The van der Waals surface area contributed by atoms with Gasteiger partial charge in [-0.25, -0.2) is 4.68 Å². The van der Waals surface area contributed by atoms with Crippen LogP contribution in [0.5, 0.6) is 0 Å². The first-order valence-electron chi connectivity index (χ1n) is 7.51. The summed E-state index contributed by atoms with van der Waals surface area (Å²) < 4.78 is 6.85. The topological polar surface area (TPSA) is 102 Å². The Morgan fingerprint density at radius 1 is 1.26 bits per heavy atom. The number of aromatic nitrogens is 5. The molecule has 23 heavy (non-hydrogen) atoms. The number of hydrogen-bond acceptors (Lipinski definition) is 7. The molecular weight excluding hydrogens is 296 g/mol. The lowest BCUT2D eigenvalue weighted by Crippen LogP contribution is -2.02. The van der Waals surface area contributed by atoms with Crippen LogP contribution in [0.25, 0.3) is 5.69 Å². The minimum absolute atomic E-state index is 0.118. The molecule has 3 aromatic rings. The molecule has 1 aliphatic carbocycles. The Balaban J connectivity index is 1.39. The maximum Gasteiger partial charge on any atom is 0.229 e. The van der Waals surface area contributed by atoms with E-state index in [1.807, 2.05) is 24.3 Å². The summed E-state index contributed by atoms with van der Waals surface area (Å²) in [4.78, 5) is 4.38. The second kappa shape index (κ2) is 5.81. The van der Waals surface area contributed by atoms with Gasteiger partial charge in [0, 0.05) is 11.6 Å². The maximum atomic E-state index is 9.01. The molecule has 0 saturated heterocycles. The molecule has 0 radical (unpaired) electrons. The van der Waals surface area contributed by atoms with Crippen LogP contribution in [0.4, 0.5) is 5.69 Å². The Hall–Kier alpha value is -2.74. The van der Waals surface area contributed by atoms with Crippen molar-refractivity contribution in [1.82, 2.24) is 25.1 Å². The number of aliphatic hydroxyl groups is 1. The molecule has 0 atom stereocenters. The van der Waals surface area contributed by atoms with Gasteiger partial charge < -0.3 is 14.9 Å². The minimum Gasteiger partial charge on any atom is -0.390 e. The fourth-order valence-electron chi connectivity index (χ4n) is 2.25. The van der Waals surface area contributed by atoms with Crippen molar-refractivity contribution in [1.29, 1.82) is 0 Å². The first-order valence-corrected chi connectivity index (χ1v) is 7.51. The monoisotopic (exact) mass is 312 g/mol. The predicted octanol–water partition coefficient (Wildman–Crippen LogP) is 1.63. The molecule has 1 saturated carbocycles. The molecule has 2 heterocycles. The summed E-state index contributed by atoms with van der Waals surface area (Å²) in [5, 5.41) is 24.1. The first kappa shape index (κ1) is 13.9. The van der Waals surface area contributed by atoms with Crippen LogP contribution in [-0.4, -0.2) is 30.2 Å². The molecular formula is C15H16N6O2. The summed E-state index contributed by atoms with van der Waals surface area (Å²) in [7, 11) is 0. The quantitative estimate of drug-likeness (QED) is 0.713. The van der Waals surface area contributed by atoms with E-state index in [1.165, 1.54) is 0 Å². The molecule has 118 valence electrons. The Bertz CT molecular complexity index is 790. The van der Waals surface area contributed by atoms with Crippen LogP contribution < -0.4 is 5.32 Å². The molecule has 1 aromatic carbocycles. The van der Waals surface area contributed by atoms with Gasteiger partial charge in [0.25, 0.3) is 0 Å². The van der Waals surface area contributed by atoms with E-state index in [0.717, 1.165) is 30.1 Å². The summed E-state index contributed by atoms with van der Waals surface area (Å²) in [5.41, 5.74) is 2.36. The number of hydrogen-bond donors (Lipinski definition) is 2. The Morgan fingerprint density at radius 2 is 2.09 bits per heavy atom. The fourth-order valence-corrected chi connectivity index (χ4v) is 2.25. The number of nitrogens with zero attached hydrogens (tertiary/aromatic N) is 5. The molecule has 0 aliphatic heterocycles. The lowest BCUT2D eigenvalue weighted by atomic mass is 10.3. The molecule has 0 amide bonds. The Kier molecular flexibility index (Phi) is 3.51. The molecule has 8 nitrogen and oxygen atoms in total. The van der Waals surface area contributed by atoms with Gasteiger partial charge in [-0.2, -0.15) is 4.98 Å². The third kappa shape index (κ3) is 3.07. The highest BCUT2D eigenvalue weighted by Crippen LogP contribution is 2.38. The van der Waals surface area contributed by atoms with Crippen LogP contribution in [-0.2, 0) is 13.2 Å². The number of rotatable bonds is 6. The van der Waals surface area contributed by atoms with Gasteiger partial charge in [0.1, 0.15) is 5.69 Å². The van der Waals surface area contributed by atoms with Crippen molar-refractivity contribution >= 4 is 5.69 Å². The van der Waals surface area contributed by atoms with Gasteiger partial charge in [-0.1, -0.05) is 10.4 Å². The highest BCUT2D eigenvalue weighted by atomic mass is 16.5. The maximum absolute atomic E-state index is 9.01. The number of aliphatic hydroxyl groups excluding tert-OH is 1. The van der Waals surface area contributed by atoms with E-state index in [9.17, 15) is 0 Å². The van der Waals surface area contributed by atoms with Crippen LogP contribution in [0.3, 0.4) is 0 Å². The van der Waals surface area contributed by atoms with E-state index in [-0.39, 0.29) is 6.61 Å². The summed E-state index contributed by atoms with van der Waals surface area (Å²) in [6.07, 6.45) is 3.99. The van der Waals surface area contributed by atoms with Gasteiger partial charge in [-0.3, -0.25) is 0 Å². The highest BCUT2D eigenvalue weighted by molar-refractivity contribution is 5.48. The smallest absolute Gasteiger partial charge is 0.229 e. The molecule has 1 fully saturated rings. The van der Waals surface area contributed by atoms with E-state index >= 15 is 0 Å². The minimum atomic E-state index is -0.118. The van der Waals surface area contributed by atoms with Gasteiger partial charge >= 0.3 is 0 Å². The van der Waals surface area contributed by atoms with Crippen molar-refractivity contribution in [3.63, 3.8) is 0 Å². The van der Waals surface area contributed by atoms with Crippen LogP contribution in [0.1, 0.15) is 36.2 Å². The van der Waals surface area contributed by atoms with Crippen LogP contribution in [0, 0.1) is 0 Å². The molecule has 8 heteroatoms. The largest absolute Gasteiger partial charge is 0.390 e. The normalized spacial score (nSPS) is 14.1. The third-order valence-corrected chi connectivity index (χ3v) is 3.70. The Morgan fingerprint density at radius 3 is 2.78 bits per heavy atom. The summed E-state index contributed by atoms with van der Waals surface area (Å²) in [6.45, 7) is 0.404. The van der Waals surface area contributed by atoms with Gasteiger partial charge in [0.05, 0.1) is 25.0 Å². The van der Waals surface area contributed by atoms with Gasteiger partial charge in [0.2, 0.25) is 5.89 Å². The van der Waals surface area contributed by atoms with Crippen molar-refractivity contribution < 1.29 is 9.63 Å². The molecule has 0 unspecified atom stereocenters. The molecule has 0 spiro atoms. The van der Waals surface area contributed by atoms with Crippen molar-refractivity contribution in [2.24, 2.45) is 0 Å². The SMILES string of the molecule is OCc1cn(-c2ccc(NCc3noc(C4CC4)n3)cc2)nn1. The summed E-state index contributed by atoms with van der Waals surface area (Å²) in [5.74, 6) is 1.89. The van der Waals surface area contributed by atoms with Crippen molar-refractivity contribution in [2.45, 2.75) is 31.9 Å². The molecule has 2 aromatic heterocycles. The molecule has 2 N–H and O–H groups in total. The van der Waals surface area contributed by atoms with Crippen molar-refractivity contribution in [3.8, 4) is 5.69 Å². The second-order valence-electron chi connectivity index (χ2n) is 5.54. The van der Waals surface area contributed by atoms with Gasteiger partial charge in [-0.05, 0) is 37.1 Å². The van der Waals surface area contributed by atoms with Gasteiger partial charge in [0.15, 0.2) is 5.82 Å². The second-order valence-corrected chi connectivity index (χ2v) is 5.54. The zero-order valence-corrected chi connectivity index (χ0v) is 12.4. The number of nitrogens with one attached hydrogen (secondary N) is 1. The molecule has 0 bridgehead atoms. The fraction of sp³-hybridized carbons (Fsp3) is 0.333. The summed E-state index contributed by atoms with van der Waals surface area (Å²) in [6, 6.07) is 7.73. The average molecular weight is 312 g/mol. The number of anilines is 1. The average Bonchev–Trinajstić information content (AvgIpc) is 3.14. The van der Waals surface area contributed by atoms with E-state index in [1.54, 1.807) is 10.9 Å². The first-order chi connectivity index (χ1) is 11.3. The molecule has 1 aliphatic rings. The van der Waals surface area contributed by atoms with E-state index in [0.29, 0.717) is 24.0 Å². The van der Waals surface area contributed by atoms with Gasteiger partial charge in [-0.15, -0.1) is 5.10 Å². The highest BCUT2D eigenvalue weighted by Gasteiger charge is 2.29. The van der Waals surface area contributed by atoms with Crippen molar-refractivity contribution in [2.75, 3.05) is 5.32 Å². The Labute approximate surface area is 132 Å². The van der Waals surface area contributed by atoms with Crippen LogP contribution in [0.2, 0.25) is 0 Å².